The van der Waals surface area contributed by atoms with E-state index in [9.17, 15) is 10.2 Å². The molecule has 0 aliphatic rings. The highest BCUT2D eigenvalue weighted by Crippen LogP contribution is 2.42. The number of ether oxygens (including phenoxy) is 2. The summed E-state index contributed by atoms with van der Waals surface area (Å²) < 4.78 is 12.3. The SMILES string of the molecule is CC(O)COc1cc(-c2ccc3ccccc3c2)c(OCC(C)O)cc1-c1ccc2ccccc2c1. The topological polar surface area (TPSA) is 58.9 Å². The van der Waals surface area contributed by atoms with Crippen molar-refractivity contribution in [2.45, 2.75) is 26.1 Å². The molecular weight excluding hydrogens is 448 g/mol. The van der Waals surface area contributed by atoms with E-state index in [1.807, 2.05) is 36.4 Å². The lowest BCUT2D eigenvalue weighted by Crippen LogP contribution is -2.14. The lowest BCUT2D eigenvalue weighted by molar-refractivity contribution is 0.121. The Morgan fingerprint density at radius 2 is 0.917 bits per heavy atom. The second kappa shape index (κ2) is 10.4. The first-order valence-electron chi connectivity index (χ1n) is 12.3. The lowest BCUT2D eigenvalue weighted by Gasteiger charge is -2.20. The molecule has 0 aliphatic heterocycles. The van der Waals surface area contributed by atoms with Crippen molar-refractivity contribution in [1.82, 2.24) is 0 Å². The Kier molecular flexibility index (Phi) is 6.90. The first-order chi connectivity index (χ1) is 17.5. The van der Waals surface area contributed by atoms with Crippen LogP contribution in [0.15, 0.2) is 97.1 Å². The van der Waals surface area contributed by atoms with Gasteiger partial charge in [-0.1, -0.05) is 72.8 Å². The van der Waals surface area contributed by atoms with Crippen LogP contribution in [0.1, 0.15) is 13.8 Å². The van der Waals surface area contributed by atoms with Crippen LogP contribution in [0.2, 0.25) is 0 Å². The second-order valence-corrected chi connectivity index (χ2v) is 9.29. The number of hydrogen-bond acceptors (Lipinski definition) is 4. The van der Waals surface area contributed by atoms with Crippen molar-refractivity contribution in [2.24, 2.45) is 0 Å². The molecule has 2 N–H and O–H groups in total. The largest absolute Gasteiger partial charge is 0.490 e. The molecule has 182 valence electrons. The molecule has 0 bridgehead atoms. The van der Waals surface area contributed by atoms with Gasteiger partial charge in [0.15, 0.2) is 0 Å². The minimum absolute atomic E-state index is 0.172. The summed E-state index contributed by atoms with van der Waals surface area (Å²) in [5.74, 6) is 1.33. The number of aliphatic hydroxyl groups is 2. The Balaban J connectivity index is 1.69. The molecule has 36 heavy (non-hydrogen) atoms. The summed E-state index contributed by atoms with van der Waals surface area (Å²) in [5, 5.41) is 24.5. The predicted molar refractivity (Wildman–Crippen MR) is 147 cm³/mol. The monoisotopic (exact) mass is 478 g/mol. The average molecular weight is 479 g/mol. The van der Waals surface area contributed by atoms with E-state index < -0.39 is 12.2 Å². The molecule has 0 fully saturated rings. The number of hydrogen-bond donors (Lipinski definition) is 2. The molecule has 0 spiro atoms. The molecule has 0 aliphatic carbocycles. The highest BCUT2D eigenvalue weighted by atomic mass is 16.5. The summed E-state index contributed by atoms with van der Waals surface area (Å²) in [6.07, 6.45) is -1.21. The van der Waals surface area contributed by atoms with Crippen LogP contribution >= 0.6 is 0 Å². The Hall–Kier alpha value is -3.86. The van der Waals surface area contributed by atoms with Crippen molar-refractivity contribution in [1.29, 1.82) is 0 Å². The zero-order valence-electron chi connectivity index (χ0n) is 20.5. The maximum atomic E-state index is 9.94. The fraction of sp³-hybridized carbons (Fsp3) is 0.188. The van der Waals surface area contributed by atoms with E-state index in [0.717, 1.165) is 43.8 Å². The van der Waals surface area contributed by atoms with E-state index in [-0.39, 0.29) is 13.2 Å². The molecular formula is C32H30O4. The molecule has 5 rings (SSSR count). The van der Waals surface area contributed by atoms with Gasteiger partial charge in [-0.05, 0) is 70.8 Å². The number of aliphatic hydroxyl groups excluding tert-OH is 2. The minimum Gasteiger partial charge on any atom is -0.490 e. The van der Waals surface area contributed by atoms with Crippen LogP contribution in [-0.4, -0.2) is 35.6 Å². The van der Waals surface area contributed by atoms with E-state index in [0.29, 0.717) is 11.5 Å². The molecule has 0 amide bonds. The fourth-order valence-corrected chi connectivity index (χ4v) is 4.38. The van der Waals surface area contributed by atoms with Crippen molar-refractivity contribution < 1.29 is 19.7 Å². The normalized spacial score (nSPS) is 13.0. The third-order valence-corrected chi connectivity index (χ3v) is 6.16. The zero-order chi connectivity index (χ0) is 25.1. The summed E-state index contributed by atoms with van der Waals surface area (Å²) >= 11 is 0. The van der Waals surface area contributed by atoms with Crippen molar-refractivity contribution in [2.75, 3.05) is 13.2 Å². The Labute approximate surface area is 211 Å². The molecule has 0 heterocycles. The first kappa shape index (κ1) is 23.9. The third-order valence-electron chi connectivity index (χ3n) is 6.16. The van der Waals surface area contributed by atoms with Crippen LogP contribution in [0.4, 0.5) is 0 Å². The molecule has 4 heteroatoms. The summed E-state index contributed by atoms with van der Waals surface area (Å²) in [6, 6.07) is 33.0. The van der Waals surface area contributed by atoms with Gasteiger partial charge in [-0.25, -0.2) is 0 Å². The number of fused-ring (bicyclic) bond motifs is 2. The Morgan fingerprint density at radius 3 is 1.31 bits per heavy atom. The highest BCUT2D eigenvalue weighted by molar-refractivity contribution is 5.92. The molecule has 0 saturated carbocycles. The van der Waals surface area contributed by atoms with E-state index >= 15 is 0 Å². The van der Waals surface area contributed by atoms with Crippen LogP contribution in [0.3, 0.4) is 0 Å². The van der Waals surface area contributed by atoms with Crippen LogP contribution in [-0.2, 0) is 0 Å². The van der Waals surface area contributed by atoms with Gasteiger partial charge in [0, 0.05) is 11.1 Å². The van der Waals surface area contributed by atoms with E-state index in [2.05, 4.69) is 60.7 Å². The summed E-state index contributed by atoms with van der Waals surface area (Å²) in [5.41, 5.74) is 3.71. The molecule has 5 aromatic rings. The first-order valence-corrected chi connectivity index (χ1v) is 12.3. The maximum Gasteiger partial charge on any atom is 0.128 e. The minimum atomic E-state index is -0.607. The number of benzene rings is 5. The van der Waals surface area contributed by atoms with E-state index in [4.69, 9.17) is 9.47 Å². The van der Waals surface area contributed by atoms with Gasteiger partial charge in [-0.15, -0.1) is 0 Å². The van der Waals surface area contributed by atoms with Gasteiger partial charge in [0.25, 0.3) is 0 Å². The summed E-state index contributed by atoms with van der Waals surface area (Å²) in [7, 11) is 0. The van der Waals surface area contributed by atoms with Crippen LogP contribution in [0.25, 0.3) is 43.8 Å². The van der Waals surface area contributed by atoms with Crippen molar-refractivity contribution >= 4 is 21.5 Å². The zero-order valence-corrected chi connectivity index (χ0v) is 20.5. The van der Waals surface area contributed by atoms with Gasteiger partial charge < -0.3 is 19.7 Å². The van der Waals surface area contributed by atoms with Crippen molar-refractivity contribution in [3.8, 4) is 33.8 Å². The van der Waals surface area contributed by atoms with Gasteiger partial charge in [-0.2, -0.15) is 0 Å². The van der Waals surface area contributed by atoms with Gasteiger partial charge in [-0.3, -0.25) is 0 Å². The van der Waals surface area contributed by atoms with Gasteiger partial charge in [0.05, 0.1) is 12.2 Å². The van der Waals surface area contributed by atoms with Gasteiger partial charge in [0.2, 0.25) is 0 Å². The molecule has 5 aromatic carbocycles. The standard InChI is InChI=1S/C32H30O4/c1-21(33)19-35-31-17-30(28-14-12-24-8-4-6-10-26(24)16-28)32(36-20-22(2)34)18-29(31)27-13-11-23-7-3-5-9-25(23)15-27/h3-18,21-22,33-34H,19-20H2,1-2H3. The lowest BCUT2D eigenvalue weighted by atomic mass is 9.95. The Morgan fingerprint density at radius 1 is 0.528 bits per heavy atom. The molecule has 0 saturated heterocycles. The molecule has 0 radical (unpaired) electrons. The van der Waals surface area contributed by atoms with E-state index in [1.165, 1.54) is 0 Å². The maximum absolute atomic E-state index is 9.94. The molecule has 4 nitrogen and oxygen atoms in total. The molecule has 2 atom stereocenters. The van der Waals surface area contributed by atoms with Gasteiger partial charge in [0.1, 0.15) is 24.7 Å². The third kappa shape index (κ3) is 5.20. The van der Waals surface area contributed by atoms with Crippen molar-refractivity contribution in [3.63, 3.8) is 0 Å². The smallest absolute Gasteiger partial charge is 0.128 e. The fourth-order valence-electron chi connectivity index (χ4n) is 4.38. The Bertz CT molecular complexity index is 1390. The quantitative estimate of drug-likeness (QED) is 0.256. The van der Waals surface area contributed by atoms with Crippen LogP contribution < -0.4 is 9.47 Å². The average Bonchev–Trinajstić information content (AvgIpc) is 2.90. The van der Waals surface area contributed by atoms with Gasteiger partial charge >= 0.3 is 0 Å². The molecule has 0 aromatic heterocycles. The molecule has 2 unspecified atom stereocenters. The highest BCUT2D eigenvalue weighted by Gasteiger charge is 2.17. The predicted octanol–water partition coefficient (Wildman–Crippen LogP) is 6.85. The van der Waals surface area contributed by atoms with E-state index in [1.54, 1.807) is 13.8 Å². The van der Waals surface area contributed by atoms with Crippen LogP contribution in [0, 0.1) is 0 Å². The van der Waals surface area contributed by atoms with Crippen molar-refractivity contribution in [3.05, 3.63) is 97.1 Å². The summed E-state index contributed by atoms with van der Waals surface area (Å²) in [4.78, 5) is 0. The van der Waals surface area contributed by atoms with Crippen LogP contribution in [0.5, 0.6) is 11.5 Å². The summed E-state index contributed by atoms with van der Waals surface area (Å²) in [6.45, 7) is 3.76. The number of rotatable bonds is 8. The second-order valence-electron chi connectivity index (χ2n) is 9.29.